The Morgan fingerprint density at radius 2 is 1.74 bits per heavy atom. The topological polar surface area (TPSA) is 111 Å². The van der Waals surface area contributed by atoms with Gasteiger partial charge in [0.05, 0.1) is 11.4 Å². The molecule has 4 rings (SSSR count). The molecule has 9 nitrogen and oxygen atoms in total. The summed E-state index contributed by atoms with van der Waals surface area (Å²) in [5.74, 6) is -0.0956. The minimum Gasteiger partial charge on any atom is -0.457 e. The van der Waals surface area contributed by atoms with Gasteiger partial charge in [-0.2, -0.15) is 0 Å². The van der Waals surface area contributed by atoms with Crippen LogP contribution in [0.15, 0.2) is 66.9 Å². The Hall–Kier alpha value is -4.60. The van der Waals surface area contributed by atoms with Crippen LogP contribution < -0.4 is 15.4 Å². The molecule has 4 aromatic rings. The van der Waals surface area contributed by atoms with Crippen LogP contribution in [0, 0.1) is 12.7 Å². The Labute approximate surface area is 194 Å². The number of rotatable bonds is 7. The summed E-state index contributed by atoms with van der Waals surface area (Å²) in [6, 6.07) is 15.7. The van der Waals surface area contributed by atoms with Crippen molar-refractivity contribution in [1.82, 2.24) is 25.3 Å². The summed E-state index contributed by atoms with van der Waals surface area (Å²) in [6.07, 6.45) is 1.50. The number of ether oxygens (including phenoxy) is 1. The van der Waals surface area contributed by atoms with Crippen LogP contribution in [0.5, 0.6) is 11.5 Å². The predicted molar refractivity (Wildman–Crippen MR) is 123 cm³/mol. The number of pyridine rings is 1. The van der Waals surface area contributed by atoms with E-state index in [1.165, 1.54) is 23.0 Å². The Kier molecular flexibility index (Phi) is 6.58. The number of hydrogen-bond acceptors (Lipinski definition) is 6. The first-order valence-electron chi connectivity index (χ1n) is 10.5. The molecule has 0 aliphatic carbocycles. The third-order valence-corrected chi connectivity index (χ3v) is 4.83. The second-order valence-corrected chi connectivity index (χ2v) is 7.23. The first kappa shape index (κ1) is 22.6. The molecule has 0 radical (unpaired) electrons. The molecule has 2 amide bonds. The monoisotopic (exact) mass is 460 g/mol. The lowest BCUT2D eigenvalue weighted by Crippen LogP contribution is -2.23. The molecule has 0 bridgehead atoms. The van der Waals surface area contributed by atoms with E-state index in [4.69, 9.17) is 4.74 Å². The van der Waals surface area contributed by atoms with Crippen LogP contribution in [0.2, 0.25) is 0 Å². The zero-order valence-corrected chi connectivity index (χ0v) is 18.4. The Morgan fingerprint density at radius 3 is 2.44 bits per heavy atom. The first-order valence-corrected chi connectivity index (χ1v) is 10.5. The Bertz CT molecular complexity index is 1320. The van der Waals surface area contributed by atoms with Crippen molar-refractivity contribution in [1.29, 1.82) is 0 Å². The van der Waals surface area contributed by atoms with Crippen molar-refractivity contribution in [3.8, 4) is 17.2 Å². The van der Waals surface area contributed by atoms with E-state index in [2.05, 4.69) is 25.9 Å². The molecule has 0 atom stereocenters. The molecular formula is C24H21FN6O3. The van der Waals surface area contributed by atoms with Crippen LogP contribution in [-0.4, -0.2) is 38.3 Å². The van der Waals surface area contributed by atoms with Crippen LogP contribution in [0.4, 0.5) is 10.1 Å². The van der Waals surface area contributed by atoms with Crippen molar-refractivity contribution in [2.45, 2.75) is 13.8 Å². The number of benzene rings is 2. The van der Waals surface area contributed by atoms with Crippen molar-refractivity contribution in [2.75, 3.05) is 11.9 Å². The van der Waals surface area contributed by atoms with Crippen molar-refractivity contribution in [2.24, 2.45) is 0 Å². The van der Waals surface area contributed by atoms with Crippen molar-refractivity contribution in [3.63, 3.8) is 0 Å². The average molecular weight is 460 g/mol. The van der Waals surface area contributed by atoms with E-state index in [1.807, 2.05) is 6.92 Å². The molecule has 10 heteroatoms. The molecule has 0 spiro atoms. The standard InChI is InChI=1S/C24H21FN6O3/c1-3-26-23(32)21-14-20(12-13-27-21)34-19-10-6-17(7-11-19)28-24(33)22-15(2)31(30-29-22)18-8-4-16(25)5-9-18/h4-14H,3H2,1-2H3,(H,26,32)(H,28,33). The van der Waals surface area contributed by atoms with Gasteiger partial charge in [-0.3, -0.25) is 14.6 Å². The normalized spacial score (nSPS) is 10.6. The minimum absolute atomic E-state index is 0.152. The molecule has 2 aromatic carbocycles. The molecule has 0 saturated carbocycles. The number of carbonyl (C=O) groups is 2. The Balaban J connectivity index is 1.42. The lowest BCUT2D eigenvalue weighted by Gasteiger charge is -2.09. The van der Waals surface area contributed by atoms with Gasteiger partial charge in [-0.15, -0.1) is 5.10 Å². The summed E-state index contributed by atoms with van der Waals surface area (Å²) >= 11 is 0. The summed E-state index contributed by atoms with van der Waals surface area (Å²) in [5.41, 5.74) is 2.06. The fraction of sp³-hybridized carbons (Fsp3) is 0.125. The lowest BCUT2D eigenvalue weighted by molar-refractivity contribution is 0.0949. The quantitative estimate of drug-likeness (QED) is 0.433. The summed E-state index contributed by atoms with van der Waals surface area (Å²) in [7, 11) is 0. The van der Waals surface area contributed by atoms with Gasteiger partial charge in [0.2, 0.25) is 0 Å². The van der Waals surface area contributed by atoms with E-state index in [-0.39, 0.29) is 23.1 Å². The van der Waals surface area contributed by atoms with Crippen LogP contribution in [0.3, 0.4) is 0 Å². The van der Waals surface area contributed by atoms with E-state index >= 15 is 0 Å². The number of nitrogens with zero attached hydrogens (tertiary/aromatic N) is 4. The average Bonchev–Trinajstić information content (AvgIpc) is 3.22. The van der Waals surface area contributed by atoms with E-state index in [1.54, 1.807) is 55.5 Å². The molecule has 34 heavy (non-hydrogen) atoms. The number of amides is 2. The second kappa shape index (κ2) is 9.90. The van der Waals surface area contributed by atoms with Gasteiger partial charge in [-0.1, -0.05) is 5.21 Å². The maximum Gasteiger partial charge on any atom is 0.278 e. The SMILES string of the molecule is CCNC(=O)c1cc(Oc2ccc(NC(=O)c3nnn(-c4ccc(F)cc4)c3C)cc2)ccn1. The molecule has 2 aromatic heterocycles. The molecule has 0 saturated heterocycles. The van der Waals surface area contributed by atoms with Gasteiger partial charge in [0.1, 0.15) is 23.0 Å². The molecular weight excluding hydrogens is 439 g/mol. The largest absolute Gasteiger partial charge is 0.457 e. The number of nitrogens with one attached hydrogen (secondary N) is 2. The summed E-state index contributed by atoms with van der Waals surface area (Å²) in [6.45, 7) is 4.04. The molecule has 0 fully saturated rings. The van der Waals surface area contributed by atoms with Gasteiger partial charge in [0, 0.05) is 24.5 Å². The van der Waals surface area contributed by atoms with Crippen LogP contribution >= 0.6 is 0 Å². The van der Waals surface area contributed by atoms with E-state index in [9.17, 15) is 14.0 Å². The Morgan fingerprint density at radius 1 is 1.00 bits per heavy atom. The maximum absolute atomic E-state index is 13.2. The first-order chi connectivity index (χ1) is 16.4. The van der Waals surface area contributed by atoms with Gasteiger partial charge in [0.25, 0.3) is 11.8 Å². The fourth-order valence-corrected chi connectivity index (χ4v) is 3.15. The van der Waals surface area contributed by atoms with Crippen molar-refractivity contribution < 1.29 is 18.7 Å². The molecule has 0 aliphatic rings. The zero-order valence-electron chi connectivity index (χ0n) is 18.4. The highest BCUT2D eigenvalue weighted by atomic mass is 19.1. The number of halogens is 1. The van der Waals surface area contributed by atoms with Gasteiger partial charge in [-0.25, -0.2) is 9.07 Å². The van der Waals surface area contributed by atoms with Gasteiger partial charge in [0.15, 0.2) is 5.69 Å². The predicted octanol–water partition coefficient (Wildman–Crippen LogP) is 3.90. The molecule has 172 valence electrons. The van der Waals surface area contributed by atoms with E-state index in [0.29, 0.717) is 35.1 Å². The number of carbonyl (C=O) groups excluding carboxylic acids is 2. The number of aromatic nitrogens is 4. The smallest absolute Gasteiger partial charge is 0.278 e. The third-order valence-electron chi connectivity index (χ3n) is 4.83. The van der Waals surface area contributed by atoms with Crippen molar-refractivity contribution in [3.05, 3.63) is 89.8 Å². The summed E-state index contributed by atoms with van der Waals surface area (Å²) in [5, 5.41) is 13.4. The molecule has 0 aliphatic heterocycles. The highest BCUT2D eigenvalue weighted by Gasteiger charge is 2.18. The van der Waals surface area contributed by atoms with Crippen LogP contribution in [0.1, 0.15) is 33.6 Å². The van der Waals surface area contributed by atoms with Crippen LogP contribution in [0.25, 0.3) is 5.69 Å². The van der Waals surface area contributed by atoms with Gasteiger partial charge < -0.3 is 15.4 Å². The van der Waals surface area contributed by atoms with Gasteiger partial charge >= 0.3 is 0 Å². The summed E-state index contributed by atoms with van der Waals surface area (Å²) in [4.78, 5) is 28.7. The van der Waals surface area contributed by atoms with Crippen molar-refractivity contribution >= 4 is 17.5 Å². The zero-order chi connectivity index (χ0) is 24.1. The lowest BCUT2D eigenvalue weighted by atomic mass is 10.2. The summed E-state index contributed by atoms with van der Waals surface area (Å²) < 4.78 is 20.4. The number of anilines is 1. The van der Waals surface area contributed by atoms with E-state index in [0.717, 1.165) is 0 Å². The maximum atomic E-state index is 13.2. The second-order valence-electron chi connectivity index (χ2n) is 7.23. The third kappa shape index (κ3) is 5.07. The van der Waals surface area contributed by atoms with Crippen LogP contribution in [-0.2, 0) is 0 Å². The fourth-order valence-electron chi connectivity index (χ4n) is 3.15. The molecule has 2 heterocycles. The molecule has 0 unspecified atom stereocenters. The molecule has 2 N–H and O–H groups in total. The highest BCUT2D eigenvalue weighted by Crippen LogP contribution is 2.24. The highest BCUT2D eigenvalue weighted by molar-refractivity contribution is 6.03. The number of hydrogen-bond donors (Lipinski definition) is 2. The van der Waals surface area contributed by atoms with E-state index < -0.39 is 5.91 Å². The van der Waals surface area contributed by atoms with Gasteiger partial charge in [-0.05, 0) is 68.4 Å². The minimum atomic E-state index is -0.430.